The molecule has 232 valence electrons. The maximum absolute atomic E-state index is 13.4. The molecule has 1 aliphatic heterocycles. The molecule has 2 aromatic carbocycles. The van der Waals surface area contributed by atoms with Crippen LogP contribution in [-0.2, 0) is 27.4 Å². The number of hydrogen-bond donors (Lipinski definition) is 4. The molecular weight excluding hydrogens is 570 g/mol. The number of urea groups is 1. The number of alkyl halides is 6. The second-order valence-electron chi connectivity index (χ2n) is 11.1. The van der Waals surface area contributed by atoms with Crippen LogP contribution in [0.1, 0.15) is 68.9 Å². The molecule has 2 aromatic rings. The average Bonchev–Trinajstić information content (AvgIpc) is 2.90. The Morgan fingerprint density at radius 3 is 2.07 bits per heavy atom. The minimum atomic E-state index is -4.97. The van der Waals surface area contributed by atoms with Crippen LogP contribution in [0.3, 0.4) is 0 Å². The quantitative estimate of drug-likeness (QED) is 0.233. The minimum absolute atomic E-state index is 0.0745. The van der Waals surface area contributed by atoms with E-state index in [4.69, 9.17) is 9.47 Å². The van der Waals surface area contributed by atoms with Gasteiger partial charge in [-0.15, -0.1) is 0 Å². The van der Waals surface area contributed by atoms with Gasteiger partial charge in [0.15, 0.2) is 0 Å². The van der Waals surface area contributed by atoms with Crippen LogP contribution in [-0.4, -0.2) is 36.9 Å². The maximum Gasteiger partial charge on any atom is 0.426 e. The highest BCUT2D eigenvalue weighted by molar-refractivity contribution is 5.77. The van der Waals surface area contributed by atoms with Gasteiger partial charge in [0.1, 0.15) is 5.60 Å². The van der Waals surface area contributed by atoms with E-state index in [9.17, 15) is 35.9 Å². The number of rotatable bonds is 6. The van der Waals surface area contributed by atoms with E-state index in [-0.39, 0.29) is 30.8 Å². The Hall–Kier alpha value is -3.52. The first kappa shape index (κ1) is 33.0. The van der Waals surface area contributed by atoms with E-state index >= 15 is 0 Å². The number of benzene rings is 2. The number of amides is 3. The normalized spacial score (nSPS) is 20.4. The van der Waals surface area contributed by atoms with Gasteiger partial charge in [-0.05, 0) is 69.9 Å². The zero-order valence-corrected chi connectivity index (χ0v) is 23.5. The first-order chi connectivity index (χ1) is 19.4. The van der Waals surface area contributed by atoms with Gasteiger partial charge in [-0.2, -0.15) is 26.3 Å². The lowest BCUT2D eigenvalue weighted by atomic mass is 9.81. The number of piperidine rings is 1. The molecule has 0 radical (unpaired) electrons. The molecule has 1 saturated heterocycles. The van der Waals surface area contributed by atoms with Crippen LogP contribution in [0.5, 0.6) is 0 Å². The maximum atomic E-state index is 13.4. The van der Waals surface area contributed by atoms with Gasteiger partial charge in [0.25, 0.3) is 0 Å². The van der Waals surface area contributed by atoms with Crippen molar-refractivity contribution in [1.82, 2.24) is 21.5 Å². The monoisotopic (exact) mass is 604 g/mol. The fourth-order valence-electron chi connectivity index (χ4n) is 4.47. The van der Waals surface area contributed by atoms with Crippen LogP contribution in [0.15, 0.2) is 48.5 Å². The second kappa shape index (κ2) is 12.8. The Balaban J connectivity index is 1.69. The lowest BCUT2D eigenvalue weighted by molar-refractivity contribution is -0.143. The molecule has 3 atom stereocenters. The molecule has 1 fully saturated rings. The van der Waals surface area contributed by atoms with Crippen LogP contribution in [0.4, 0.5) is 35.9 Å². The van der Waals surface area contributed by atoms with Crippen molar-refractivity contribution in [3.63, 3.8) is 0 Å². The molecule has 3 amide bonds. The van der Waals surface area contributed by atoms with Gasteiger partial charge in [0.05, 0.1) is 29.4 Å². The van der Waals surface area contributed by atoms with Crippen molar-refractivity contribution in [2.45, 2.75) is 76.2 Å². The van der Waals surface area contributed by atoms with Crippen molar-refractivity contribution in [1.29, 1.82) is 0 Å². The smallest absolute Gasteiger partial charge is 0.426 e. The molecule has 0 bridgehead atoms. The van der Waals surface area contributed by atoms with Crippen molar-refractivity contribution in [2.24, 2.45) is 0 Å². The molecule has 0 unspecified atom stereocenters. The summed E-state index contributed by atoms with van der Waals surface area (Å²) in [6.07, 6.45) is -11.0. The van der Waals surface area contributed by atoms with Crippen molar-refractivity contribution in [3.05, 3.63) is 70.8 Å². The van der Waals surface area contributed by atoms with Gasteiger partial charge in [-0.3, -0.25) is 0 Å². The number of halogens is 6. The van der Waals surface area contributed by atoms with Crippen LogP contribution < -0.4 is 21.5 Å². The number of hydrazine groups is 1. The summed E-state index contributed by atoms with van der Waals surface area (Å²) >= 11 is 0. The summed E-state index contributed by atoms with van der Waals surface area (Å²) < 4.78 is 91.1. The first-order valence-electron chi connectivity index (χ1n) is 13.1. The molecule has 0 aliphatic carbocycles. The van der Waals surface area contributed by atoms with Gasteiger partial charge < -0.3 is 20.1 Å². The standard InChI is InChI=1S/C28H34F6N4O4/c1-17(18-12-20(27(29,30)31)14-21(13-18)28(32,33)34)41-16-26(19-8-6-5-7-9-19)11-10-22(15-35-26)36-23(39)37-38-24(40)42-25(2,3)4/h5-9,12-14,17,22,35H,10-11,15-16H2,1-4H3,(H,38,40)(H2,36,37,39)/t17-,22+,26-/m1/s1. The third-order valence-corrected chi connectivity index (χ3v) is 6.60. The summed E-state index contributed by atoms with van der Waals surface area (Å²) in [6.45, 7) is 6.59. The summed E-state index contributed by atoms with van der Waals surface area (Å²) in [5.41, 5.74) is 0.469. The van der Waals surface area contributed by atoms with E-state index in [0.717, 1.165) is 5.56 Å². The van der Waals surface area contributed by atoms with Crippen molar-refractivity contribution in [2.75, 3.05) is 13.2 Å². The Morgan fingerprint density at radius 2 is 1.57 bits per heavy atom. The second-order valence-corrected chi connectivity index (χ2v) is 11.1. The van der Waals surface area contributed by atoms with Crippen LogP contribution in [0.2, 0.25) is 0 Å². The van der Waals surface area contributed by atoms with E-state index in [0.29, 0.717) is 25.0 Å². The van der Waals surface area contributed by atoms with Crippen molar-refractivity contribution < 1.29 is 45.4 Å². The molecule has 0 aromatic heterocycles. The minimum Gasteiger partial charge on any atom is -0.443 e. The molecule has 14 heteroatoms. The van der Waals surface area contributed by atoms with Crippen LogP contribution in [0.25, 0.3) is 0 Å². The van der Waals surface area contributed by atoms with Gasteiger partial charge in [-0.1, -0.05) is 30.3 Å². The molecule has 3 rings (SSSR count). The topological polar surface area (TPSA) is 101 Å². The lowest BCUT2D eigenvalue weighted by Gasteiger charge is -2.42. The molecule has 0 spiro atoms. The SMILES string of the molecule is C[C@@H](OC[C@@]1(c2ccccc2)CC[C@H](NC(=O)NNC(=O)OC(C)(C)C)CN1)c1cc(C(F)(F)F)cc(C(F)(F)F)c1. The third kappa shape index (κ3) is 9.24. The zero-order valence-electron chi connectivity index (χ0n) is 23.5. The van der Waals surface area contributed by atoms with E-state index in [2.05, 4.69) is 21.5 Å². The molecule has 42 heavy (non-hydrogen) atoms. The van der Waals surface area contributed by atoms with E-state index < -0.39 is 52.8 Å². The highest BCUT2D eigenvalue weighted by Gasteiger charge is 2.40. The average molecular weight is 605 g/mol. The largest absolute Gasteiger partial charge is 0.443 e. The summed E-state index contributed by atoms with van der Waals surface area (Å²) in [5, 5.41) is 6.06. The van der Waals surface area contributed by atoms with Crippen molar-refractivity contribution in [3.8, 4) is 0 Å². The molecule has 4 N–H and O–H groups in total. The fraction of sp³-hybridized carbons (Fsp3) is 0.500. The Morgan fingerprint density at radius 1 is 0.976 bits per heavy atom. The Bertz CT molecular complexity index is 1190. The first-order valence-corrected chi connectivity index (χ1v) is 13.1. The van der Waals surface area contributed by atoms with Crippen LogP contribution in [0, 0.1) is 0 Å². The highest BCUT2D eigenvalue weighted by atomic mass is 19.4. The zero-order chi connectivity index (χ0) is 31.3. The molecule has 1 heterocycles. The molecule has 1 aliphatic rings. The fourth-order valence-corrected chi connectivity index (χ4v) is 4.47. The van der Waals surface area contributed by atoms with E-state index in [1.165, 1.54) is 6.92 Å². The summed E-state index contributed by atoms with van der Waals surface area (Å²) in [4.78, 5) is 24.0. The predicted octanol–water partition coefficient (Wildman–Crippen LogP) is 6.19. The molecule has 8 nitrogen and oxygen atoms in total. The van der Waals surface area contributed by atoms with Crippen LogP contribution >= 0.6 is 0 Å². The Labute approximate surface area is 239 Å². The predicted molar refractivity (Wildman–Crippen MR) is 141 cm³/mol. The number of hydrogen-bond acceptors (Lipinski definition) is 5. The molecule has 0 saturated carbocycles. The Kier molecular flexibility index (Phi) is 10.0. The van der Waals surface area contributed by atoms with Gasteiger partial charge in [0.2, 0.25) is 0 Å². The van der Waals surface area contributed by atoms with Gasteiger partial charge >= 0.3 is 24.5 Å². The third-order valence-electron chi connectivity index (χ3n) is 6.60. The summed E-state index contributed by atoms with van der Waals surface area (Å²) in [6, 6.07) is 9.42. The van der Waals surface area contributed by atoms with Gasteiger partial charge in [0, 0.05) is 12.6 Å². The molecular formula is C28H34F6N4O4. The number of carbonyl (C=O) groups excluding carboxylic acids is 2. The highest BCUT2D eigenvalue weighted by Crippen LogP contribution is 2.39. The lowest BCUT2D eigenvalue weighted by Crippen LogP contribution is -2.59. The number of ether oxygens (including phenoxy) is 2. The summed E-state index contributed by atoms with van der Waals surface area (Å²) in [7, 11) is 0. The van der Waals surface area contributed by atoms with E-state index in [1.54, 1.807) is 39.0 Å². The van der Waals surface area contributed by atoms with E-state index in [1.807, 2.05) is 12.1 Å². The summed E-state index contributed by atoms with van der Waals surface area (Å²) in [5.74, 6) is 0. The van der Waals surface area contributed by atoms with Gasteiger partial charge in [-0.25, -0.2) is 20.4 Å². The number of nitrogens with one attached hydrogen (secondary N) is 4. The van der Waals surface area contributed by atoms with Crippen molar-refractivity contribution >= 4 is 12.1 Å². The number of carbonyl (C=O) groups is 2.